The summed E-state index contributed by atoms with van der Waals surface area (Å²) in [7, 11) is 0. The average molecular weight is 1960 g/mol. The molecular formula is C91H150N2O43. The number of hydrogen-bond acceptors (Lipinski definition) is 43. The molecule has 0 aromatic rings. The summed E-state index contributed by atoms with van der Waals surface area (Å²) in [6, 6.07) is -2.57. The van der Waals surface area contributed by atoms with Crippen molar-refractivity contribution in [1.82, 2.24) is 10.6 Å². The van der Waals surface area contributed by atoms with Crippen LogP contribution < -0.4 is 10.6 Å². The highest BCUT2D eigenvalue weighted by atomic mass is 16.8. The van der Waals surface area contributed by atoms with Gasteiger partial charge < -0.3 is 209 Å². The molecule has 2 amide bonds. The highest BCUT2D eigenvalue weighted by Crippen LogP contribution is 2.76. The van der Waals surface area contributed by atoms with Gasteiger partial charge in [-0.3, -0.25) is 14.4 Å². The van der Waals surface area contributed by atoms with Gasteiger partial charge in [-0.2, -0.15) is 0 Å². The number of amides is 2. The number of rotatable bonds is 35. The van der Waals surface area contributed by atoms with Crippen LogP contribution in [0.2, 0.25) is 0 Å². The van der Waals surface area contributed by atoms with Crippen molar-refractivity contribution in [3.8, 4) is 0 Å². The predicted molar refractivity (Wildman–Crippen MR) is 457 cm³/mol. The van der Waals surface area contributed by atoms with Crippen LogP contribution in [0.5, 0.6) is 0 Å². The lowest BCUT2D eigenvalue weighted by Crippen LogP contribution is -2.70. The third-order valence-corrected chi connectivity index (χ3v) is 33.3. The van der Waals surface area contributed by atoms with Gasteiger partial charge in [0.25, 0.3) is 0 Å². The monoisotopic (exact) mass is 1960 g/mol. The number of aliphatic hydroxyl groups excluding tert-OH is 22. The van der Waals surface area contributed by atoms with E-state index in [1.54, 1.807) is 13.8 Å². The van der Waals surface area contributed by atoms with Crippen LogP contribution in [0.4, 0.5) is 0 Å². The topological polar surface area (TPSA) is 705 Å². The Balaban J connectivity index is 0.745. The molecular weight excluding hydrogens is 1810 g/mol. The van der Waals surface area contributed by atoms with Crippen LogP contribution in [0.15, 0.2) is 11.6 Å². The van der Waals surface area contributed by atoms with E-state index in [9.17, 15) is 132 Å². The zero-order valence-electron chi connectivity index (χ0n) is 78.8. The molecule has 50 atom stereocenters. The molecule has 136 heavy (non-hydrogen) atoms. The van der Waals surface area contributed by atoms with Crippen molar-refractivity contribution in [1.29, 1.82) is 0 Å². The van der Waals surface area contributed by atoms with Gasteiger partial charge in [-0.05, 0) is 122 Å². The minimum atomic E-state index is -2.21. The highest BCUT2D eigenvalue weighted by Gasteiger charge is 2.74. The predicted octanol–water partition coefficient (Wildman–Crippen LogP) is -7.02. The molecule has 4 saturated carbocycles. The number of aldehydes is 1. The van der Waals surface area contributed by atoms with Crippen molar-refractivity contribution in [2.75, 3.05) is 52.9 Å². The number of fused-ring (bicyclic) bond motifs is 7. The fraction of sp³-hybridized carbons (Fsp3) is 0.934. The number of ether oxygens (including phenoxy) is 16. The van der Waals surface area contributed by atoms with E-state index in [2.05, 4.69) is 37.5 Å². The maximum atomic E-state index is 16.4. The summed E-state index contributed by atoms with van der Waals surface area (Å²) in [6.45, 7) is 15.3. The largest absolute Gasteiger partial charge is 0.432 e. The lowest BCUT2D eigenvalue weighted by Gasteiger charge is -2.71. The Labute approximate surface area is 788 Å². The fourth-order valence-corrected chi connectivity index (χ4v) is 24.2. The molecule has 8 saturated heterocycles. The summed E-state index contributed by atoms with van der Waals surface area (Å²) in [5, 5.41) is 262. The standard InChI is InChI=1S/C91H150N2O43/c1-12-37(3)44(92-56(105)25-41(100)23-48(38(4)13-2)126-79-66(114)61(109)51(30-96)128-79)22-40(99)24-57(106)93-58-49(28-94)127-82(73(62(58)110)134-78-68(116)64(112)70(39(5)125-78)131-77-69(117)71(46(102)32-122-77)132-83-75(118)90(120,35-98)36-124-83)136-84(119)91-21-20-85(6,7)26-43(91)42-14-15-53-86(8)18-17-55(87(9,34-97)52(86)16-19-88(53,10)89(42,11)27-54(91)104)130-81-74(135-80-67(115)63(111)60(108)50(29-95)129-80)72(47(103)33-123-81)133-76-65(113)59(107)45(101)31-121-76/h14,34,37-41,43-55,58-83,94-96,98-104,107-118,120H,12-13,15-33,35-36H2,1-11H3,(H,92,105)(H,93,106)/t37-,38-,39?,40-,41-,43?,44-,45+,46+,47+,48-,49?,50?,51-,52+,53?,54?,55-,58-,59-,60-,61?,62?,63-,64?,65?,66?,67?,68?,69?,70-,71?,72-,73?,74?,75+,76-,77-,78-,79+,80-,81-,82-,83-,86?,87+,88-,89+,90?,91+/m0/s1. The summed E-state index contributed by atoms with van der Waals surface area (Å²) >= 11 is 0. The van der Waals surface area contributed by atoms with Gasteiger partial charge in [0.05, 0.1) is 114 Å². The van der Waals surface area contributed by atoms with Crippen LogP contribution in [0, 0.1) is 62.1 Å². The molecule has 25 N–H and O–H groups in total. The third-order valence-electron chi connectivity index (χ3n) is 33.3. The molecule has 0 bridgehead atoms. The number of allylic oxidation sites excluding steroid dienone is 2. The van der Waals surface area contributed by atoms with Crippen molar-refractivity contribution in [2.24, 2.45) is 62.1 Å². The molecule has 0 aromatic heterocycles. The molecule has 5 aliphatic carbocycles. The molecule has 45 heteroatoms. The maximum Gasteiger partial charge on any atom is 0.317 e. The van der Waals surface area contributed by atoms with Crippen LogP contribution in [-0.2, 0) is 95.0 Å². The summed E-state index contributed by atoms with van der Waals surface area (Å²) in [6.07, 6.45) is -57.3. The van der Waals surface area contributed by atoms with Gasteiger partial charge in [0, 0.05) is 12.5 Å². The summed E-state index contributed by atoms with van der Waals surface area (Å²) in [5.41, 5.74) is -7.31. The fourth-order valence-electron chi connectivity index (χ4n) is 24.2. The Morgan fingerprint density at radius 3 is 1.71 bits per heavy atom. The van der Waals surface area contributed by atoms with Crippen LogP contribution in [0.1, 0.15) is 172 Å². The Bertz CT molecular complexity index is 3980. The zero-order valence-corrected chi connectivity index (χ0v) is 78.8. The number of hydrogen-bond donors (Lipinski definition) is 25. The smallest absolute Gasteiger partial charge is 0.317 e. The Hall–Kier alpha value is -3.70. The quantitative estimate of drug-likeness (QED) is 0.0121. The van der Waals surface area contributed by atoms with Crippen molar-refractivity contribution < 1.29 is 212 Å². The Kier molecular flexibility index (Phi) is 35.4. The normalized spacial score (nSPS) is 48.8. The van der Waals surface area contributed by atoms with Crippen molar-refractivity contribution >= 4 is 24.1 Å². The number of esters is 1. The van der Waals surface area contributed by atoms with E-state index in [1.807, 2.05) is 34.6 Å². The van der Waals surface area contributed by atoms with Crippen LogP contribution >= 0.6 is 0 Å². The molecule has 0 aromatic carbocycles. The second-order valence-electron chi connectivity index (χ2n) is 42.4. The minimum Gasteiger partial charge on any atom is -0.432 e. The first-order valence-corrected chi connectivity index (χ1v) is 48.1. The molecule has 45 nitrogen and oxygen atoms in total. The first kappa shape index (κ1) is 110. The van der Waals surface area contributed by atoms with E-state index in [4.69, 9.17) is 75.8 Å². The van der Waals surface area contributed by atoms with E-state index in [1.165, 1.54) is 6.92 Å². The molecule has 8 heterocycles. The van der Waals surface area contributed by atoms with Crippen LogP contribution in [0.25, 0.3) is 0 Å². The van der Waals surface area contributed by atoms with Gasteiger partial charge in [0.2, 0.25) is 18.1 Å². The first-order chi connectivity index (χ1) is 64.0. The minimum absolute atomic E-state index is 0.0163. The maximum absolute atomic E-state index is 16.4. The van der Waals surface area contributed by atoms with Gasteiger partial charge in [0.1, 0.15) is 152 Å². The molecule has 8 aliphatic heterocycles. The van der Waals surface area contributed by atoms with Gasteiger partial charge in [-0.15, -0.1) is 0 Å². The molecule has 0 radical (unpaired) electrons. The van der Waals surface area contributed by atoms with E-state index in [-0.39, 0.29) is 49.9 Å². The SMILES string of the molecule is CC[C@H](C)[C@H](C[C@H](O)CC(=O)N[C@H]1C(CO)O[C@@H](OC(=O)[C@]23CCC(C)(C)CC2C2=CCC4C5(C)CC[C@H](O[C@@H]6OC[C@@H](O)[C@H](O[C@@H]7OC[C@@H](O)[C@H](O)C7O)C6O[C@@H]6OC(CO)[C@H](O)[C@H](O)C6O)[C@](C)(C=O)[C@@H]5CC[C@]4(C)[C@]2(C)CC3O)C(O[C@@H]2OC(C)[C@H](O[C@@H]3OC[C@@H](O)C(O[C@@H]4OCC(O)(CO)[C@@H]4O)C3O)C(O)C2O)C1O)NC(=O)C[C@@H](O)C[C@H](O[C@@H]1O[C@@H](CO)C(O)C1O)[C@@H](C)CC. The number of nitrogens with one attached hydrogen (secondary N) is 2. The van der Waals surface area contributed by atoms with E-state index < -0.39 is 373 Å². The number of carbonyl (C=O) groups is 4. The Morgan fingerprint density at radius 2 is 1.07 bits per heavy atom. The lowest BCUT2D eigenvalue weighted by molar-refractivity contribution is -0.384. The third kappa shape index (κ3) is 21.2. The second-order valence-corrected chi connectivity index (χ2v) is 42.4. The van der Waals surface area contributed by atoms with Crippen LogP contribution in [-0.4, -0.2) is 439 Å². The summed E-state index contributed by atoms with van der Waals surface area (Å²) in [5.74, 6) is -4.72. The van der Waals surface area contributed by atoms with Gasteiger partial charge >= 0.3 is 5.97 Å². The van der Waals surface area contributed by atoms with Gasteiger partial charge in [0.15, 0.2) is 50.1 Å². The molecule has 12 fully saturated rings. The Morgan fingerprint density at radius 1 is 0.522 bits per heavy atom. The first-order valence-electron chi connectivity index (χ1n) is 48.1. The van der Waals surface area contributed by atoms with Crippen molar-refractivity contribution in [2.45, 2.75) is 417 Å². The van der Waals surface area contributed by atoms with Crippen LogP contribution in [0.3, 0.4) is 0 Å². The molecule has 19 unspecified atom stereocenters. The molecule has 782 valence electrons. The second kappa shape index (κ2) is 43.9. The van der Waals surface area contributed by atoms with Crippen molar-refractivity contribution in [3.05, 3.63) is 11.6 Å². The zero-order chi connectivity index (χ0) is 99.6. The van der Waals surface area contributed by atoms with E-state index in [0.717, 1.165) is 11.9 Å². The number of carbonyl (C=O) groups excluding carboxylic acids is 4. The van der Waals surface area contributed by atoms with Crippen molar-refractivity contribution in [3.63, 3.8) is 0 Å². The summed E-state index contributed by atoms with van der Waals surface area (Å²) in [4.78, 5) is 59.2. The van der Waals surface area contributed by atoms with Gasteiger partial charge in [-0.1, -0.05) is 93.7 Å². The van der Waals surface area contributed by atoms with Gasteiger partial charge in [-0.25, -0.2) is 0 Å². The van der Waals surface area contributed by atoms with E-state index >= 15 is 4.79 Å². The highest BCUT2D eigenvalue weighted by molar-refractivity contribution is 5.80. The lowest BCUT2D eigenvalue weighted by atomic mass is 9.33. The van der Waals surface area contributed by atoms with E-state index in [0.29, 0.717) is 51.4 Å². The number of aliphatic hydroxyl groups is 23. The molecule has 0 spiro atoms. The molecule has 13 aliphatic rings. The summed E-state index contributed by atoms with van der Waals surface area (Å²) < 4.78 is 97.0. The average Bonchev–Trinajstić information content (AvgIpc) is 0.774. The molecule has 13 rings (SSSR count).